The molecule has 0 radical (unpaired) electrons. The first-order chi connectivity index (χ1) is 14.7. The minimum atomic E-state index is -0.0745. The van der Waals surface area contributed by atoms with Gasteiger partial charge >= 0.3 is 0 Å². The summed E-state index contributed by atoms with van der Waals surface area (Å²) in [5, 5.41) is 11.5. The van der Waals surface area contributed by atoms with E-state index in [4.69, 9.17) is 4.42 Å². The van der Waals surface area contributed by atoms with Crippen LogP contribution < -0.4 is 5.56 Å². The lowest BCUT2D eigenvalue weighted by molar-refractivity contribution is 0.485. The predicted octanol–water partition coefficient (Wildman–Crippen LogP) is 4.26. The number of fused-ring (bicyclic) bond motifs is 1. The summed E-state index contributed by atoms with van der Waals surface area (Å²) >= 11 is 2.95. The molecular weight excluding hydrogens is 418 g/mol. The second-order valence-electron chi connectivity index (χ2n) is 6.72. The number of thioether (sulfide) groups is 1. The summed E-state index contributed by atoms with van der Waals surface area (Å²) in [7, 11) is 0. The van der Waals surface area contributed by atoms with Gasteiger partial charge in [0.15, 0.2) is 15.9 Å². The van der Waals surface area contributed by atoms with E-state index in [1.807, 2.05) is 40.3 Å². The van der Waals surface area contributed by atoms with Crippen molar-refractivity contribution in [3.05, 3.63) is 87.7 Å². The van der Waals surface area contributed by atoms with E-state index in [1.165, 1.54) is 23.1 Å². The molecule has 0 spiro atoms. The van der Waals surface area contributed by atoms with Gasteiger partial charge in [-0.05, 0) is 24.6 Å². The fourth-order valence-electron chi connectivity index (χ4n) is 3.22. The van der Waals surface area contributed by atoms with E-state index < -0.39 is 0 Å². The summed E-state index contributed by atoms with van der Waals surface area (Å²) in [6.45, 7) is 2.58. The lowest BCUT2D eigenvalue weighted by Crippen LogP contribution is -2.12. The van der Waals surface area contributed by atoms with Crippen molar-refractivity contribution in [2.75, 3.05) is 0 Å². The number of furan rings is 1. The summed E-state index contributed by atoms with van der Waals surface area (Å²) in [6, 6.07) is 13.5. The first kappa shape index (κ1) is 18.8. The SMILES string of the molecule is Cc1ccccc1-c1nnc(SCc2cc(=O)n3ccsc3n2)n1Cc1ccco1. The molecule has 0 unspecified atom stereocenters. The molecule has 0 fully saturated rings. The van der Waals surface area contributed by atoms with Crippen LogP contribution in [0.15, 0.2) is 74.7 Å². The maximum atomic E-state index is 12.3. The number of aromatic nitrogens is 5. The molecule has 7 nitrogen and oxygen atoms in total. The molecular formula is C21H17N5O2S2. The molecule has 9 heteroatoms. The maximum Gasteiger partial charge on any atom is 0.258 e. The fourth-order valence-corrected chi connectivity index (χ4v) is 4.79. The third-order valence-electron chi connectivity index (χ3n) is 4.70. The van der Waals surface area contributed by atoms with E-state index >= 15 is 0 Å². The summed E-state index contributed by atoms with van der Waals surface area (Å²) in [5.74, 6) is 2.13. The van der Waals surface area contributed by atoms with Crippen LogP contribution in [0.4, 0.5) is 0 Å². The Morgan fingerprint density at radius 3 is 2.90 bits per heavy atom. The van der Waals surface area contributed by atoms with Crippen molar-refractivity contribution in [3.8, 4) is 11.4 Å². The zero-order chi connectivity index (χ0) is 20.5. The number of rotatable bonds is 6. The molecule has 5 aromatic rings. The zero-order valence-corrected chi connectivity index (χ0v) is 17.7. The lowest BCUT2D eigenvalue weighted by Gasteiger charge is -2.10. The summed E-state index contributed by atoms with van der Waals surface area (Å²) < 4.78 is 9.15. The lowest BCUT2D eigenvalue weighted by atomic mass is 10.1. The molecule has 0 N–H and O–H groups in total. The van der Waals surface area contributed by atoms with E-state index in [0.717, 1.165) is 33.6 Å². The highest BCUT2D eigenvalue weighted by molar-refractivity contribution is 7.98. The Labute approximate surface area is 180 Å². The van der Waals surface area contributed by atoms with Gasteiger partial charge in [-0.15, -0.1) is 21.5 Å². The van der Waals surface area contributed by atoms with E-state index in [0.29, 0.717) is 17.3 Å². The summed E-state index contributed by atoms with van der Waals surface area (Å²) in [4.78, 5) is 17.5. The van der Waals surface area contributed by atoms with Crippen molar-refractivity contribution in [2.24, 2.45) is 0 Å². The van der Waals surface area contributed by atoms with Crippen LogP contribution in [-0.4, -0.2) is 24.1 Å². The molecule has 5 rings (SSSR count). The highest BCUT2D eigenvalue weighted by Crippen LogP contribution is 2.28. The molecule has 0 atom stereocenters. The first-order valence-electron chi connectivity index (χ1n) is 9.29. The third-order valence-corrected chi connectivity index (χ3v) is 6.46. The van der Waals surface area contributed by atoms with Crippen LogP contribution in [0.5, 0.6) is 0 Å². The van der Waals surface area contributed by atoms with Crippen LogP contribution in [0.25, 0.3) is 16.3 Å². The van der Waals surface area contributed by atoms with Gasteiger partial charge in [0, 0.05) is 29.0 Å². The fraction of sp³-hybridized carbons (Fsp3) is 0.143. The molecule has 0 bridgehead atoms. The number of benzene rings is 1. The van der Waals surface area contributed by atoms with Crippen molar-refractivity contribution in [1.29, 1.82) is 0 Å². The minimum absolute atomic E-state index is 0.0745. The first-order valence-corrected chi connectivity index (χ1v) is 11.2. The van der Waals surface area contributed by atoms with Crippen molar-refractivity contribution in [1.82, 2.24) is 24.1 Å². The van der Waals surface area contributed by atoms with Gasteiger partial charge in [-0.3, -0.25) is 13.8 Å². The van der Waals surface area contributed by atoms with Crippen molar-refractivity contribution < 1.29 is 4.42 Å². The topological polar surface area (TPSA) is 78.2 Å². The number of aryl methyl sites for hydroxylation is 1. The summed E-state index contributed by atoms with van der Waals surface area (Å²) in [6.07, 6.45) is 3.40. The number of hydrogen-bond acceptors (Lipinski definition) is 7. The number of thiazole rings is 1. The van der Waals surface area contributed by atoms with Crippen LogP contribution in [0.3, 0.4) is 0 Å². The van der Waals surface area contributed by atoms with Gasteiger partial charge in [0.1, 0.15) is 5.76 Å². The van der Waals surface area contributed by atoms with Crippen LogP contribution in [0.2, 0.25) is 0 Å². The average molecular weight is 436 g/mol. The van der Waals surface area contributed by atoms with Gasteiger partial charge in [-0.25, -0.2) is 4.98 Å². The van der Waals surface area contributed by atoms with Gasteiger partial charge in [0.25, 0.3) is 5.56 Å². The average Bonchev–Trinajstić information content (AvgIpc) is 3.49. The Morgan fingerprint density at radius 1 is 1.17 bits per heavy atom. The number of hydrogen-bond donors (Lipinski definition) is 0. The standard InChI is InChI=1S/C21H17N5O2S2/c1-14-5-2-3-7-17(14)19-23-24-21(26(19)12-16-6-4-9-28-16)30-13-15-11-18(27)25-8-10-29-20(25)22-15/h2-11H,12-13H2,1H3. The van der Waals surface area contributed by atoms with Crippen molar-refractivity contribution in [3.63, 3.8) is 0 Å². The highest BCUT2D eigenvalue weighted by atomic mass is 32.2. The second kappa shape index (κ2) is 7.92. The predicted molar refractivity (Wildman–Crippen MR) is 117 cm³/mol. The largest absolute Gasteiger partial charge is 0.467 e. The second-order valence-corrected chi connectivity index (χ2v) is 8.53. The van der Waals surface area contributed by atoms with Crippen LogP contribution in [-0.2, 0) is 12.3 Å². The zero-order valence-electron chi connectivity index (χ0n) is 16.1. The van der Waals surface area contributed by atoms with Crippen molar-refractivity contribution >= 4 is 28.1 Å². The quantitative estimate of drug-likeness (QED) is 0.371. The number of nitrogens with zero attached hydrogens (tertiary/aromatic N) is 5. The third kappa shape index (κ3) is 3.57. The Kier molecular flexibility index (Phi) is 4.97. The molecule has 30 heavy (non-hydrogen) atoms. The van der Waals surface area contributed by atoms with Crippen LogP contribution in [0, 0.1) is 6.92 Å². The van der Waals surface area contributed by atoms with E-state index in [1.54, 1.807) is 22.9 Å². The smallest absolute Gasteiger partial charge is 0.258 e. The van der Waals surface area contributed by atoms with Gasteiger partial charge in [-0.1, -0.05) is 36.0 Å². The molecule has 0 aliphatic carbocycles. The highest BCUT2D eigenvalue weighted by Gasteiger charge is 2.17. The Bertz CT molecular complexity index is 1370. The molecule has 4 heterocycles. The van der Waals surface area contributed by atoms with Crippen molar-refractivity contribution in [2.45, 2.75) is 24.4 Å². The molecule has 1 aromatic carbocycles. The molecule has 0 aliphatic heterocycles. The van der Waals surface area contributed by atoms with Gasteiger partial charge < -0.3 is 4.42 Å². The Morgan fingerprint density at radius 2 is 2.07 bits per heavy atom. The van der Waals surface area contributed by atoms with Gasteiger partial charge in [0.05, 0.1) is 18.5 Å². The van der Waals surface area contributed by atoms with E-state index in [9.17, 15) is 4.79 Å². The maximum absolute atomic E-state index is 12.3. The molecule has 0 saturated heterocycles. The van der Waals surface area contributed by atoms with Crippen LogP contribution in [0.1, 0.15) is 17.0 Å². The monoisotopic (exact) mass is 435 g/mol. The molecule has 0 aliphatic rings. The normalized spacial score (nSPS) is 11.4. The van der Waals surface area contributed by atoms with E-state index in [-0.39, 0.29) is 5.56 Å². The van der Waals surface area contributed by atoms with Gasteiger partial charge in [-0.2, -0.15) is 0 Å². The van der Waals surface area contributed by atoms with Crippen LogP contribution >= 0.6 is 23.1 Å². The molecule has 0 saturated carbocycles. The van der Waals surface area contributed by atoms with Gasteiger partial charge in [0.2, 0.25) is 0 Å². The molecule has 0 amide bonds. The Hall–Kier alpha value is -3.17. The summed E-state index contributed by atoms with van der Waals surface area (Å²) in [5.41, 5.74) is 2.80. The molecule has 150 valence electrons. The Balaban J connectivity index is 1.49. The minimum Gasteiger partial charge on any atom is -0.467 e. The van der Waals surface area contributed by atoms with E-state index in [2.05, 4.69) is 28.2 Å². The molecule has 4 aromatic heterocycles.